The molecule has 2 aliphatic rings. The van der Waals surface area contributed by atoms with E-state index in [1.807, 2.05) is 4.90 Å². The molecule has 198 valence electrons. The van der Waals surface area contributed by atoms with Crippen molar-refractivity contribution in [3.8, 4) is 17.2 Å². The summed E-state index contributed by atoms with van der Waals surface area (Å²) < 4.78 is 43.8. The number of ether oxygens (including phenoxy) is 1. The van der Waals surface area contributed by atoms with Gasteiger partial charge in [0.2, 0.25) is 5.91 Å². The maximum atomic E-state index is 13.0. The number of piperidine rings is 1. The van der Waals surface area contributed by atoms with Gasteiger partial charge < -0.3 is 19.6 Å². The van der Waals surface area contributed by atoms with Gasteiger partial charge in [-0.05, 0) is 67.4 Å². The second-order valence-corrected chi connectivity index (χ2v) is 10.0. The Morgan fingerprint density at radius 2 is 1.47 bits per heavy atom. The summed E-state index contributed by atoms with van der Waals surface area (Å²) in [5.41, 5.74) is 0.226. The molecule has 2 aliphatic heterocycles. The van der Waals surface area contributed by atoms with Crippen molar-refractivity contribution in [2.24, 2.45) is 5.41 Å². The second-order valence-electron chi connectivity index (χ2n) is 10.0. The minimum atomic E-state index is -4.41. The van der Waals surface area contributed by atoms with Gasteiger partial charge in [0.05, 0.1) is 12.0 Å². The molecule has 0 aromatic heterocycles. The predicted molar refractivity (Wildman–Crippen MR) is 134 cm³/mol. The summed E-state index contributed by atoms with van der Waals surface area (Å²) in [5.74, 6) is 0.644. The maximum absolute atomic E-state index is 13.0. The van der Waals surface area contributed by atoms with Crippen LogP contribution in [0, 0.1) is 5.41 Å². The number of phenolic OH excluding ortho intramolecular Hbond substituents is 1. The Labute approximate surface area is 218 Å². The third-order valence-electron chi connectivity index (χ3n) is 7.21. The van der Waals surface area contributed by atoms with Crippen molar-refractivity contribution < 1.29 is 32.6 Å². The average Bonchev–Trinajstić information content (AvgIpc) is 2.88. The van der Waals surface area contributed by atoms with E-state index in [4.69, 9.17) is 4.74 Å². The third kappa shape index (κ3) is 5.46. The number of nitrogens with zero attached hydrogens (tertiary/aromatic N) is 2. The molecule has 0 saturated carbocycles. The summed E-state index contributed by atoms with van der Waals surface area (Å²) in [4.78, 5) is 29.5. The first kappa shape index (κ1) is 25.6. The van der Waals surface area contributed by atoms with Gasteiger partial charge in [-0.15, -0.1) is 0 Å². The van der Waals surface area contributed by atoms with E-state index in [1.54, 1.807) is 53.4 Å². The molecule has 5 rings (SSSR count). The highest BCUT2D eigenvalue weighted by Crippen LogP contribution is 2.40. The fourth-order valence-electron chi connectivity index (χ4n) is 5.22. The standard InChI is InChI=1S/C29H27F3N2O4/c30-29(31,32)22-8-12-24(13-9-22)38-23-10-6-20(7-11-23)27(37)34-18-28(19-34)14-3-15-33(17-28)26(36)16-21-4-1-2-5-25(21)35/h1-2,4-13,35H,3,14-19H2. The molecule has 0 atom stereocenters. The van der Waals surface area contributed by atoms with Gasteiger partial charge in [0.25, 0.3) is 5.91 Å². The highest BCUT2D eigenvalue weighted by Gasteiger charge is 2.48. The molecule has 9 heteroatoms. The van der Waals surface area contributed by atoms with E-state index in [0.717, 1.165) is 25.0 Å². The fourth-order valence-corrected chi connectivity index (χ4v) is 5.22. The second kappa shape index (κ2) is 10.0. The first-order valence-electron chi connectivity index (χ1n) is 12.4. The number of amides is 2. The first-order valence-corrected chi connectivity index (χ1v) is 12.4. The van der Waals surface area contributed by atoms with E-state index in [-0.39, 0.29) is 35.1 Å². The average molecular weight is 525 g/mol. The van der Waals surface area contributed by atoms with Gasteiger partial charge in [-0.3, -0.25) is 9.59 Å². The number of alkyl halides is 3. The van der Waals surface area contributed by atoms with E-state index in [9.17, 15) is 27.9 Å². The lowest BCUT2D eigenvalue weighted by atomic mass is 9.73. The molecule has 2 fully saturated rings. The summed E-state index contributed by atoms with van der Waals surface area (Å²) >= 11 is 0. The van der Waals surface area contributed by atoms with Gasteiger partial charge >= 0.3 is 6.18 Å². The quantitative estimate of drug-likeness (QED) is 0.478. The Balaban J connectivity index is 1.15. The number of benzene rings is 3. The molecule has 3 aromatic carbocycles. The molecular weight excluding hydrogens is 497 g/mol. The molecular formula is C29H27F3N2O4. The number of para-hydroxylation sites is 1. The zero-order valence-corrected chi connectivity index (χ0v) is 20.6. The van der Waals surface area contributed by atoms with E-state index in [1.165, 1.54) is 12.1 Å². The van der Waals surface area contributed by atoms with Crippen molar-refractivity contribution in [3.63, 3.8) is 0 Å². The molecule has 2 saturated heterocycles. The van der Waals surface area contributed by atoms with Crippen LogP contribution in [0.2, 0.25) is 0 Å². The maximum Gasteiger partial charge on any atom is 0.416 e. The van der Waals surface area contributed by atoms with Crippen LogP contribution in [0.1, 0.15) is 34.3 Å². The number of hydrogen-bond acceptors (Lipinski definition) is 4. The summed E-state index contributed by atoms with van der Waals surface area (Å²) in [7, 11) is 0. The number of likely N-dealkylation sites (tertiary alicyclic amines) is 2. The van der Waals surface area contributed by atoms with Gasteiger partial charge in [-0.25, -0.2) is 0 Å². The molecule has 3 aromatic rings. The lowest BCUT2D eigenvalue weighted by Gasteiger charge is -2.54. The van der Waals surface area contributed by atoms with Crippen LogP contribution >= 0.6 is 0 Å². The van der Waals surface area contributed by atoms with E-state index in [0.29, 0.717) is 43.1 Å². The number of phenols is 1. The minimum absolute atomic E-state index is 0.0287. The largest absolute Gasteiger partial charge is 0.508 e. The number of carbonyl (C=O) groups excluding carboxylic acids is 2. The van der Waals surface area contributed by atoms with Crippen LogP contribution in [-0.2, 0) is 17.4 Å². The zero-order chi connectivity index (χ0) is 26.9. The molecule has 2 heterocycles. The van der Waals surface area contributed by atoms with E-state index in [2.05, 4.69) is 0 Å². The normalized spacial score (nSPS) is 16.7. The Morgan fingerprint density at radius 3 is 2.11 bits per heavy atom. The topological polar surface area (TPSA) is 70.1 Å². The van der Waals surface area contributed by atoms with Crippen LogP contribution in [0.4, 0.5) is 13.2 Å². The summed E-state index contributed by atoms with van der Waals surface area (Å²) in [6, 6.07) is 17.7. The number of halogens is 3. The summed E-state index contributed by atoms with van der Waals surface area (Å²) in [5, 5.41) is 9.99. The lowest BCUT2D eigenvalue weighted by Crippen LogP contribution is -2.64. The number of carbonyl (C=O) groups is 2. The fraction of sp³-hybridized carbons (Fsp3) is 0.310. The van der Waals surface area contributed by atoms with Crippen molar-refractivity contribution >= 4 is 11.8 Å². The van der Waals surface area contributed by atoms with Gasteiger partial charge in [-0.1, -0.05) is 18.2 Å². The van der Waals surface area contributed by atoms with Crippen LogP contribution in [0.3, 0.4) is 0 Å². The SMILES string of the molecule is O=C(Cc1ccccc1O)N1CCCC2(C1)CN(C(=O)c1ccc(Oc3ccc(C(F)(F)F)cc3)cc1)C2. The number of rotatable bonds is 5. The van der Waals surface area contributed by atoms with E-state index >= 15 is 0 Å². The highest BCUT2D eigenvalue weighted by molar-refractivity contribution is 5.95. The van der Waals surface area contributed by atoms with Crippen molar-refractivity contribution in [2.75, 3.05) is 26.2 Å². The minimum Gasteiger partial charge on any atom is -0.508 e. The third-order valence-corrected chi connectivity index (χ3v) is 7.21. The molecule has 6 nitrogen and oxygen atoms in total. The molecule has 0 radical (unpaired) electrons. The molecule has 0 unspecified atom stereocenters. The molecule has 1 spiro atoms. The van der Waals surface area contributed by atoms with Crippen molar-refractivity contribution in [1.29, 1.82) is 0 Å². The van der Waals surface area contributed by atoms with Gasteiger partial charge in [0, 0.05) is 42.7 Å². The lowest BCUT2D eigenvalue weighted by molar-refractivity contribution is -0.138. The van der Waals surface area contributed by atoms with E-state index < -0.39 is 11.7 Å². The van der Waals surface area contributed by atoms with Crippen LogP contribution in [-0.4, -0.2) is 52.9 Å². The van der Waals surface area contributed by atoms with Crippen molar-refractivity contribution in [1.82, 2.24) is 9.80 Å². The van der Waals surface area contributed by atoms with Crippen molar-refractivity contribution in [2.45, 2.75) is 25.4 Å². The molecule has 38 heavy (non-hydrogen) atoms. The smallest absolute Gasteiger partial charge is 0.416 e. The number of hydrogen-bond donors (Lipinski definition) is 1. The Bertz CT molecular complexity index is 1320. The molecule has 1 N–H and O–H groups in total. The van der Waals surface area contributed by atoms with Gasteiger partial charge in [0.15, 0.2) is 0 Å². The monoisotopic (exact) mass is 524 g/mol. The number of aromatic hydroxyl groups is 1. The molecule has 2 amide bonds. The molecule has 0 bridgehead atoms. The Hall–Kier alpha value is -4.01. The Morgan fingerprint density at radius 1 is 0.868 bits per heavy atom. The first-order chi connectivity index (χ1) is 18.1. The zero-order valence-electron chi connectivity index (χ0n) is 20.6. The van der Waals surface area contributed by atoms with Crippen molar-refractivity contribution in [3.05, 3.63) is 89.5 Å². The van der Waals surface area contributed by atoms with Crippen LogP contribution < -0.4 is 4.74 Å². The van der Waals surface area contributed by atoms with Crippen LogP contribution in [0.25, 0.3) is 0 Å². The Kier molecular flexibility index (Phi) is 6.77. The predicted octanol–water partition coefficient (Wildman–Crippen LogP) is 5.51. The highest BCUT2D eigenvalue weighted by atomic mass is 19.4. The molecule has 0 aliphatic carbocycles. The van der Waals surface area contributed by atoms with Crippen LogP contribution in [0.5, 0.6) is 17.2 Å². The summed E-state index contributed by atoms with van der Waals surface area (Å²) in [6.07, 6.45) is -2.46. The van der Waals surface area contributed by atoms with Gasteiger partial charge in [-0.2, -0.15) is 13.2 Å². The van der Waals surface area contributed by atoms with Crippen LogP contribution in [0.15, 0.2) is 72.8 Å². The summed E-state index contributed by atoms with van der Waals surface area (Å²) in [6.45, 7) is 2.39. The van der Waals surface area contributed by atoms with Gasteiger partial charge in [0.1, 0.15) is 17.2 Å².